The number of hydrogen-bond acceptors (Lipinski definition) is 3. The van der Waals surface area contributed by atoms with Gasteiger partial charge in [0.25, 0.3) is 0 Å². The van der Waals surface area contributed by atoms with E-state index >= 15 is 0 Å². The van der Waals surface area contributed by atoms with Crippen LogP contribution in [0.5, 0.6) is 5.75 Å². The molecule has 1 aliphatic rings. The van der Waals surface area contributed by atoms with Crippen LogP contribution in [0.15, 0.2) is 24.3 Å². The first-order valence-corrected chi connectivity index (χ1v) is 8.52. The third-order valence-electron chi connectivity index (χ3n) is 3.38. The van der Waals surface area contributed by atoms with Gasteiger partial charge in [-0.15, -0.1) is 0 Å². The predicted octanol–water partition coefficient (Wildman–Crippen LogP) is 2.65. The van der Waals surface area contributed by atoms with E-state index in [1.165, 1.54) is 5.56 Å². The van der Waals surface area contributed by atoms with Gasteiger partial charge in [-0.25, -0.2) is 0 Å². The molecule has 2 unspecified atom stereocenters. The largest absolute Gasteiger partial charge is 0.487 e. The lowest BCUT2D eigenvalue weighted by Gasteiger charge is -2.38. The maximum Gasteiger partial charge on any atom is 0.124 e. The summed E-state index contributed by atoms with van der Waals surface area (Å²) < 4.78 is 17.1. The van der Waals surface area contributed by atoms with Crippen LogP contribution in [0.4, 0.5) is 0 Å². The zero-order valence-electron chi connectivity index (χ0n) is 11.9. The van der Waals surface area contributed by atoms with E-state index in [1.54, 1.807) is 6.26 Å². The Kier molecular flexibility index (Phi) is 4.63. The van der Waals surface area contributed by atoms with E-state index in [0.717, 1.165) is 30.9 Å². The van der Waals surface area contributed by atoms with Crippen molar-refractivity contribution in [2.75, 3.05) is 18.6 Å². The Morgan fingerprint density at radius 2 is 2.16 bits per heavy atom. The lowest BCUT2D eigenvalue weighted by molar-refractivity contribution is 0.0661. The van der Waals surface area contributed by atoms with Crippen molar-refractivity contribution in [1.82, 2.24) is 5.32 Å². The molecule has 1 heterocycles. The van der Waals surface area contributed by atoms with E-state index in [0.29, 0.717) is 6.04 Å². The van der Waals surface area contributed by atoms with Crippen LogP contribution < -0.4 is 10.1 Å². The van der Waals surface area contributed by atoms with Crippen molar-refractivity contribution >= 4 is 10.8 Å². The summed E-state index contributed by atoms with van der Waals surface area (Å²) in [5.41, 5.74) is 1.10. The number of benzene rings is 1. The zero-order chi connectivity index (χ0) is 13.9. The summed E-state index contributed by atoms with van der Waals surface area (Å²) in [5, 5.41) is 3.57. The monoisotopic (exact) mass is 281 g/mol. The minimum atomic E-state index is -0.697. The van der Waals surface area contributed by atoms with E-state index in [1.807, 2.05) is 12.1 Å². The molecule has 0 saturated carbocycles. The van der Waals surface area contributed by atoms with Gasteiger partial charge < -0.3 is 10.1 Å². The first-order valence-electron chi connectivity index (χ1n) is 6.79. The SMILES string of the molecule is CS(=O)CCCNC1CC(C)(C)Oc2ccccc21. The van der Waals surface area contributed by atoms with Gasteiger partial charge in [0.05, 0.1) is 0 Å². The Bertz CT molecular complexity index is 459. The summed E-state index contributed by atoms with van der Waals surface area (Å²) >= 11 is 0. The van der Waals surface area contributed by atoms with E-state index in [-0.39, 0.29) is 5.60 Å². The Balaban J connectivity index is 2.01. The molecule has 0 fully saturated rings. The Morgan fingerprint density at radius 3 is 2.89 bits per heavy atom. The van der Waals surface area contributed by atoms with Gasteiger partial charge in [-0.1, -0.05) is 18.2 Å². The lowest BCUT2D eigenvalue weighted by Crippen LogP contribution is -2.39. The van der Waals surface area contributed by atoms with Gasteiger partial charge in [0.1, 0.15) is 11.4 Å². The minimum Gasteiger partial charge on any atom is -0.487 e. The first kappa shape index (κ1) is 14.5. The van der Waals surface area contributed by atoms with Gasteiger partial charge in [-0.05, 0) is 32.9 Å². The molecule has 0 amide bonds. The number of fused-ring (bicyclic) bond motifs is 1. The molecule has 3 nitrogen and oxygen atoms in total. The van der Waals surface area contributed by atoms with Gasteiger partial charge in [-0.3, -0.25) is 4.21 Å². The second-order valence-electron chi connectivity index (χ2n) is 5.74. The summed E-state index contributed by atoms with van der Waals surface area (Å²) in [6, 6.07) is 8.55. The molecule has 0 aromatic heterocycles. The molecule has 1 aliphatic heterocycles. The van der Waals surface area contributed by atoms with Gasteiger partial charge in [-0.2, -0.15) is 0 Å². The number of nitrogens with one attached hydrogen (secondary N) is 1. The fourth-order valence-electron chi connectivity index (χ4n) is 2.54. The average Bonchev–Trinajstić information content (AvgIpc) is 2.33. The molecule has 0 spiro atoms. The van der Waals surface area contributed by atoms with Crippen molar-refractivity contribution in [2.24, 2.45) is 0 Å². The highest BCUT2D eigenvalue weighted by molar-refractivity contribution is 7.84. The number of para-hydroxylation sites is 1. The summed E-state index contributed by atoms with van der Waals surface area (Å²) in [7, 11) is -0.697. The quantitative estimate of drug-likeness (QED) is 0.843. The second-order valence-corrected chi connectivity index (χ2v) is 7.30. The molecule has 1 aromatic rings. The van der Waals surface area contributed by atoms with Gasteiger partial charge in [0, 0.05) is 40.8 Å². The van der Waals surface area contributed by atoms with Gasteiger partial charge in [0.15, 0.2) is 0 Å². The molecule has 1 N–H and O–H groups in total. The normalized spacial score (nSPS) is 22.4. The van der Waals surface area contributed by atoms with Crippen LogP contribution in [0, 0.1) is 0 Å². The average molecular weight is 281 g/mol. The van der Waals surface area contributed by atoms with Crippen LogP contribution >= 0.6 is 0 Å². The highest BCUT2D eigenvalue weighted by Gasteiger charge is 2.32. The molecule has 2 atom stereocenters. The molecular formula is C15H23NO2S. The molecule has 4 heteroatoms. The first-order chi connectivity index (χ1) is 8.98. The van der Waals surface area contributed by atoms with Crippen molar-refractivity contribution < 1.29 is 8.95 Å². The van der Waals surface area contributed by atoms with Crippen LogP contribution in [-0.2, 0) is 10.8 Å². The molecule has 0 radical (unpaired) electrons. The van der Waals surface area contributed by atoms with Crippen molar-refractivity contribution in [3.8, 4) is 5.75 Å². The minimum absolute atomic E-state index is 0.139. The summed E-state index contributed by atoms with van der Waals surface area (Å²) in [4.78, 5) is 0. The topological polar surface area (TPSA) is 38.3 Å². The molecule has 1 aromatic carbocycles. The Labute approximate surface area is 118 Å². The standard InChI is InChI=1S/C15H23NO2S/c1-15(2)11-13(16-9-6-10-19(3)17)12-7-4-5-8-14(12)18-15/h4-5,7-8,13,16H,6,9-11H2,1-3H3. The number of rotatable bonds is 5. The molecular weight excluding hydrogens is 258 g/mol. The van der Waals surface area contributed by atoms with Crippen LogP contribution in [0.1, 0.15) is 38.3 Å². The van der Waals surface area contributed by atoms with Gasteiger partial charge >= 0.3 is 0 Å². The van der Waals surface area contributed by atoms with E-state index in [4.69, 9.17) is 4.74 Å². The van der Waals surface area contributed by atoms with Crippen LogP contribution in [0.25, 0.3) is 0 Å². The smallest absolute Gasteiger partial charge is 0.124 e. The fourth-order valence-corrected chi connectivity index (χ4v) is 3.09. The molecule has 106 valence electrons. The van der Waals surface area contributed by atoms with E-state index < -0.39 is 10.8 Å². The summed E-state index contributed by atoms with van der Waals surface area (Å²) in [6.45, 7) is 5.14. The maximum absolute atomic E-state index is 11.1. The molecule has 0 aliphatic carbocycles. The van der Waals surface area contributed by atoms with Crippen molar-refractivity contribution in [3.05, 3.63) is 29.8 Å². The van der Waals surface area contributed by atoms with Crippen molar-refractivity contribution in [2.45, 2.75) is 38.3 Å². The predicted molar refractivity (Wildman–Crippen MR) is 80.1 cm³/mol. The Hall–Kier alpha value is -0.870. The Morgan fingerprint density at radius 1 is 1.42 bits per heavy atom. The maximum atomic E-state index is 11.1. The third kappa shape index (κ3) is 4.05. The third-order valence-corrected chi connectivity index (χ3v) is 4.24. The molecule has 0 saturated heterocycles. The number of ether oxygens (including phenoxy) is 1. The number of hydrogen-bond donors (Lipinski definition) is 1. The second kappa shape index (κ2) is 6.06. The van der Waals surface area contributed by atoms with Crippen LogP contribution in [-0.4, -0.2) is 28.4 Å². The molecule has 0 bridgehead atoms. The summed E-state index contributed by atoms with van der Waals surface area (Å²) in [6.07, 6.45) is 3.66. The van der Waals surface area contributed by atoms with E-state index in [2.05, 4.69) is 31.3 Å². The lowest BCUT2D eigenvalue weighted by atomic mass is 9.89. The van der Waals surface area contributed by atoms with Gasteiger partial charge in [0.2, 0.25) is 0 Å². The highest BCUT2D eigenvalue weighted by atomic mass is 32.2. The summed E-state index contributed by atoms with van der Waals surface area (Å²) in [5.74, 6) is 1.75. The van der Waals surface area contributed by atoms with E-state index in [9.17, 15) is 4.21 Å². The fraction of sp³-hybridized carbons (Fsp3) is 0.600. The zero-order valence-corrected chi connectivity index (χ0v) is 12.8. The molecule has 19 heavy (non-hydrogen) atoms. The van der Waals surface area contributed by atoms with Crippen molar-refractivity contribution in [1.29, 1.82) is 0 Å². The molecule has 2 rings (SSSR count). The highest BCUT2D eigenvalue weighted by Crippen LogP contribution is 2.39. The van der Waals surface area contributed by atoms with Crippen molar-refractivity contribution in [3.63, 3.8) is 0 Å². The van der Waals surface area contributed by atoms with Crippen LogP contribution in [0.2, 0.25) is 0 Å². The van der Waals surface area contributed by atoms with Crippen LogP contribution in [0.3, 0.4) is 0 Å².